The van der Waals surface area contributed by atoms with Crippen molar-refractivity contribution in [3.63, 3.8) is 0 Å². The summed E-state index contributed by atoms with van der Waals surface area (Å²) in [5, 5.41) is 15.1. The van der Waals surface area contributed by atoms with Crippen molar-refractivity contribution in [1.82, 2.24) is 30.4 Å². The van der Waals surface area contributed by atoms with Gasteiger partial charge in [-0.1, -0.05) is 30.3 Å². The first kappa shape index (κ1) is 16.5. The number of aromatic nitrogens is 4. The average Bonchev–Trinajstić information content (AvgIpc) is 3.28. The standard InChI is InChI=1S/C17H20N6O3/c24-14(22-9-4-8-17(12-22)11-18-16(25)26-17)7-10-23-20-15(19-21-23)13-5-2-1-3-6-13/h1-3,5-6H,4,7-12H2,(H,18,25)/t17-/m1/s1. The fraction of sp³-hybridized carbons (Fsp3) is 0.471. The molecule has 2 amide bonds. The number of hydrogen-bond acceptors (Lipinski definition) is 6. The first-order valence-electron chi connectivity index (χ1n) is 8.71. The van der Waals surface area contributed by atoms with E-state index in [2.05, 4.69) is 20.7 Å². The van der Waals surface area contributed by atoms with Crippen LogP contribution in [-0.2, 0) is 16.1 Å². The van der Waals surface area contributed by atoms with Crippen LogP contribution in [0.15, 0.2) is 30.3 Å². The zero-order valence-electron chi connectivity index (χ0n) is 14.3. The van der Waals surface area contributed by atoms with Gasteiger partial charge >= 0.3 is 6.09 Å². The number of likely N-dealkylation sites (tertiary alicyclic amines) is 1. The second kappa shape index (κ2) is 6.74. The maximum absolute atomic E-state index is 12.5. The Balaban J connectivity index is 1.34. The third kappa shape index (κ3) is 3.37. The van der Waals surface area contributed by atoms with Crippen molar-refractivity contribution in [2.24, 2.45) is 0 Å². The van der Waals surface area contributed by atoms with Gasteiger partial charge in [0.2, 0.25) is 11.7 Å². The third-order valence-electron chi connectivity index (χ3n) is 4.77. The molecule has 2 saturated heterocycles. The van der Waals surface area contributed by atoms with E-state index in [1.54, 1.807) is 4.90 Å². The third-order valence-corrected chi connectivity index (χ3v) is 4.77. The quantitative estimate of drug-likeness (QED) is 0.871. The summed E-state index contributed by atoms with van der Waals surface area (Å²) in [4.78, 5) is 27.1. The van der Waals surface area contributed by atoms with Crippen molar-refractivity contribution in [3.8, 4) is 11.4 Å². The van der Waals surface area contributed by atoms with Crippen molar-refractivity contribution in [1.29, 1.82) is 0 Å². The molecule has 9 nitrogen and oxygen atoms in total. The molecule has 0 unspecified atom stereocenters. The number of alkyl carbamates (subject to hydrolysis) is 1. The SMILES string of the molecule is O=C1NC[C@@]2(CCCN(C(=O)CCn3nnc(-c4ccccc4)n3)C2)O1. The monoisotopic (exact) mass is 356 g/mol. The van der Waals surface area contributed by atoms with Crippen LogP contribution in [0.25, 0.3) is 11.4 Å². The van der Waals surface area contributed by atoms with Crippen molar-refractivity contribution in [3.05, 3.63) is 30.3 Å². The van der Waals surface area contributed by atoms with Gasteiger partial charge in [0, 0.05) is 18.5 Å². The summed E-state index contributed by atoms with van der Waals surface area (Å²) in [6.07, 6.45) is 1.47. The molecule has 26 heavy (non-hydrogen) atoms. The number of nitrogens with zero attached hydrogens (tertiary/aromatic N) is 5. The molecule has 2 aliphatic rings. The summed E-state index contributed by atoms with van der Waals surface area (Å²) in [5.74, 6) is 0.546. The molecule has 0 radical (unpaired) electrons. The zero-order valence-corrected chi connectivity index (χ0v) is 14.3. The first-order chi connectivity index (χ1) is 12.6. The lowest BCUT2D eigenvalue weighted by Crippen LogP contribution is -2.52. The summed E-state index contributed by atoms with van der Waals surface area (Å²) < 4.78 is 5.40. The molecule has 2 aliphatic heterocycles. The number of rotatable bonds is 4. The van der Waals surface area contributed by atoms with Crippen LogP contribution in [0.2, 0.25) is 0 Å². The number of tetrazole rings is 1. The molecular formula is C17H20N6O3. The molecule has 1 N–H and O–H groups in total. The van der Waals surface area contributed by atoms with E-state index in [4.69, 9.17) is 4.74 Å². The second-order valence-electron chi connectivity index (χ2n) is 6.67. The molecule has 0 bridgehead atoms. The molecule has 1 aromatic heterocycles. The Morgan fingerprint density at radius 3 is 2.92 bits per heavy atom. The lowest BCUT2D eigenvalue weighted by molar-refractivity contribution is -0.137. The van der Waals surface area contributed by atoms with Gasteiger partial charge in [0.05, 0.1) is 19.6 Å². The van der Waals surface area contributed by atoms with Gasteiger partial charge in [-0.2, -0.15) is 4.80 Å². The fourth-order valence-electron chi connectivity index (χ4n) is 3.44. The lowest BCUT2D eigenvalue weighted by atomic mass is 9.93. The van der Waals surface area contributed by atoms with Crippen LogP contribution in [0, 0.1) is 0 Å². The van der Waals surface area contributed by atoms with E-state index in [1.165, 1.54) is 4.80 Å². The van der Waals surface area contributed by atoms with Gasteiger partial charge in [-0.05, 0) is 18.1 Å². The second-order valence-corrected chi connectivity index (χ2v) is 6.67. The maximum atomic E-state index is 12.5. The number of aryl methyl sites for hydroxylation is 1. The topological polar surface area (TPSA) is 102 Å². The van der Waals surface area contributed by atoms with Crippen molar-refractivity contribution in [2.45, 2.75) is 31.4 Å². The fourth-order valence-corrected chi connectivity index (χ4v) is 3.44. The normalized spacial score (nSPS) is 22.3. The highest BCUT2D eigenvalue weighted by molar-refractivity contribution is 5.77. The maximum Gasteiger partial charge on any atom is 0.407 e. The van der Waals surface area contributed by atoms with Crippen LogP contribution in [0.1, 0.15) is 19.3 Å². The molecule has 1 aromatic carbocycles. The molecule has 1 atom stereocenters. The van der Waals surface area contributed by atoms with Gasteiger partial charge in [-0.3, -0.25) is 4.79 Å². The Morgan fingerprint density at radius 2 is 2.15 bits per heavy atom. The minimum atomic E-state index is -0.572. The van der Waals surface area contributed by atoms with E-state index in [0.717, 1.165) is 18.4 Å². The van der Waals surface area contributed by atoms with Crippen molar-refractivity contribution in [2.75, 3.05) is 19.6 Å². The zero-order chi connectivity index (χ0) is 18.0. The van der Waals surface area contributed by atoms with Gasteiger partial charge in [-0.25, -0.2) is 4.79 Å². The Labute approximate surface area is 150 Å². The van der Waals surface area contributed by atoms with E-state index in [0.29, 0.717) is 32.0 Å². The molecule has 2 fully saturated rings. The number of carbonyl (C=O) groups is 2. The van der Waals surface area contributed by atoms with Crippen LogP contribution in [0.3, 0.4) is 0 Å². The van der Waals surface area contributed by atoms with Crippen LogP contribution < -0.4 is 5.32 Å². The smallest absolute Gasteiger partial charge is 0.407 e. The van der Waals surface area contributed by atoms with Crippen molar-refractivity contribution >= 4 is 12.0 Å². The van der Waals surface area contributed by atoms with E-state index < -0.39 is 11.7 Å². The minimum Gasteiger partial charge on any atom is -0.439 e. The van der Waals surface area contributed by atoms with Crippen molar-refractivity contribution < 1.29 is 14.3 Å². The molecule has 3 heterocycles. The predicted molar refractivity (Wildman–Crippen MR) is 90.9 cm³/mol. The molecule has 2 aromatic rings. The molecule has 9 heteroatoms. The van der Waals surface area contributed by atoms with Gasteiger partial charge in [0.15, 0.2) is 0 Å². The highest BCUT2D eigenvalue weighted by atomic mass is 16.6. The molecular weight excluding hydrogens is 336 g/mol. The van der Waals surface area contributed by atoms with Gasteiger partial charge in [0.25, 0.3) is 0 Å². The molecule has 4 rings (SSSR count). The summed E-state index contributed by atoms with van der Waals surface area (Å²) in [5.41, 5.74) is 0.315. The molecule has 136 valence electrons. The number of piperidine rings is 1. The number of ether oxygens (including phenoxy) is 1. The number of benzene rings is 1. The van der Waals surface area contributed by atoms with E-state index >= 15 is 0 Å². The Morgan fingerprint density at radius 1 is 1.31 bits per heavy atom. The Hall–Kier alpha value is -2.97. The van der Waals surface area contributed by atoms with E-state index in [1.807, 2.05) is 30.3 Å². The van der Waals surface area contributed by atoms with Crippen LogP contribution in [-0.4, -0.2) is 62.3 Å². The van der Waals surface area contributed by atoms with Crippen LogP contribution >= 0.6 is 0 Å². The number of carbonyl (C=O) groups excluding carboxylic acids is 2. The summed E-state index contributed by atoms with van der Waals surface area (Å²) in [7, 11) is 0. The van der Waals surface area contributed by atoms with E-state index in [9.17, 15) is 9.59 Å². The highest BCUT2D eigenvalue weighted by Crippen LogP contribution is 2.28. The van der Waals surface area contributed by atoms with Gasteiger partial charge < -0.3 is 15.0 Å². The summed E-state index contributed by atoms with van der Waals surface area (Å²) in [6, 6.07) is 9.58. The lowest BCUT2D eigenvalue weighted by Gasteiger charge is -2.38. The first-order valence-corrected chi connectivity index (χ1v) is 8.71. The van der Waals surface area contributed by atoms with Gasteiger partial charge in [-0.15, -0.1) is 10.2 Å². The highest BCUT2D eigenvalue weighted by Gasteiger charge is 2.44. The largest absolute Gasteiger partial charge is 0.439 e. The molecule has 0 saturated carbocycles. The average molecular weight is 356 g/mol. The Bertz CT molecular complexity index is 808. The Kier molecular flexibility index (Phi) is 4.27. The minimum absolute atomic E-state index is 0.00517. The number of amides is 2. The molecule has 0 aliphatic carbocycles. The predicted octanol–water partition coefficient (Wildman–Crippen LogP) is 0.831. The van der Waals surface area contributed by atoms with Crippen LogP contribution in [0.4, 0.5) is 4.79 Å². The molecule has 1 spiro atoms. The number of nitrogens with one attached hydrogen (secondary N) is 1. The summed E-state index contributed by atoms with van der Waals surface area (Å²) in [6.45, 7) is 1.93. The number of hydrogen-bond donors (Lipinski definition) is 1. The van der Waals surface area contributed by atoms with Crippen LogP contribution in [0.5, 0.6) is 0 Å². The van der Waals surface area contributed by atoms with Gasteiger partial charge in [0.1, 0.15) is 5.60 Å². The summed E-state index contributed by atoms with van der Waals surface area (Å²) >= 11 is 0. The van der Waals surface area contributed by atoms with E-state index in [-0.39, 0.29) is 12.3 Å².